The van der Waals surface area contributed by atoms with Gasteiger partial charge in [-0.15, -0.1) is 0 Å². The maximum absolute atomic E-state index is 9.64. The average molecular weight is 238 g/mol. The molecule has 0 fully saturated rings. The van der Waals surface area contributed by atoms with Gasteiger partial charge in [0.2, 0.25) is 0 Å². The monoisotopic (exact) mass is 238 g/mol. The van der Waals surface area contributed by atoms with Crippen molar-refractivity contribution in [1.29, 1.82) is 0 Å². The van der Waals surface area contributed by atoms with Crippen LogP contribution in [0.3, 0.4) is 0 Å². The van der Waals surface area contributed by atoms with Crippen LogP contribution < -0.4 is 5.32 Å². The van der Waals surface area contributed by atoms with Crippen LogP contribution in [0, 0.1) is 5.92 Å². The lowest BCUT2D eigenvalue weighted by Gasteiger charge is -2.13. The number of rotatable bonds is 8. The van der Waals surface area contributed by atoms with Gasteiger partial charge in [0.05, 0.1) is 12.7 Å². The summed E-state index contributed by atoms with van der Waals surface area (Å²) in [5.41, 5.74) is 1.16. The predicted molar refractivity (Wildman–Crippen MR) is 67.6 cm³/mol. The largest absolute Gasteiger partial charge is 0.389 e. The molecule has 0 saturated carbocycles. The van der Waals surface area contributed by atoms with Crippen molar-refractivity contribution < 1.29 is 9.84 Å². The highest BCUT2D eigenvalue weighted by Gasteiger charge is 2.04. The summed E-state index contributed by atoms with van der Waals surface area (Å²) in [4.78, 5) is 3.95. The molecule has 96 valence electrons. The molecule has 2 N–H and O–H groups in total. The van der Waals surface area contributed by atoms with E-state index >= 15 is 0 Å². The van der Waals surface area contributed by atoms with Crippen molar-refractivity contribution in [2.24, 2.45) is 5.92 Å². The molecule has 1 heterocycles. The number of ether oxygens (including phenoxy) is 1. The number of pyridine rings is 1. The third kappa shape index (κ3) is 7.05. The van der Waals surface area contributed by atoms with Crippen LogP contribution in [0.4, 0.5) is 0 Å². The molecule has 0 spiro atoms. The van der Waals surface area contributed by atoms with E-state index in [1.54, 1.807) is 12.4 Å². The van der Waals surface area contributed by atoms with Crippen molar-refractivity contribution in [2.75, 3.05) is 19.8 Å². The molecule has 0 bridgehead atoms. The van der Waals surface area contributed by atoms with Crippen LogP contribution in [0.15, 0.2) is 24.5 Å². The van der Waals surface area contributed by atoms with Gasteiger partial charge in [-0.25, -0.2) is 0 Å². The number of aromatic nitrogens is 1. The predicted octanol–water partition coefficient (Wildman–Crippen LogP) is 1.20. The van der Waals surface area contributed by atoms with E-state index < -0.39 is 6.10 Å². The minimum atomic E-state index is -0.449. The number of nitrogens with one attached hydrogen (secondary N) is 1. The van der Waals surface area contributed by atoms with Crippen LogP contribution in [-0.2, 0) is 11.3 Å². The zero-order valence-electron chi connectivity index (χ0n) is 10.6. The van der Waals surface area contributed by atoms with Crippen molar-refractivity contribution in [2.45, 2.75) is 26.5 Å². The third-order valence-electron chi connectivity index (χ3n) is 2.22. The molecule has 1 unspecified atom stereocenters. The van der Waals surface area contributed by atoms with Gasteiger partial charge in [-0.1, -0.05) is 13.8 Å². The Bertz CT molecular complexity index is 291. The van der Waals surface area contributed by atoms with Crippen LogP contribution in [0.2, 0.25) is 0 Å². The maximum atomic E-state index is 9.64. The van der Waals surface area contributed by atoms with Crippen LogP contribution in [0.1, 0.15) is 19.4 Å². The molecule has 1 aromatic heterocycles. The quantitative estimate of drug-likeness (QED) is 0.714. The first-order valence-corrected chi connectivity index (χ1v) is 6.04. The Morgan fingerprint density at radius 3 is 2.65 bits per heavy atom. The van der Waals surface area contributed by atoms with E-state index in [-0.39, 0.29) is 0 Å². The molecule has 4 heteroatoms. The number of nitrogens with zero attached hydrogens (tertiary/aromatic N) is 1. The van der Waals surface area contributed by atoms with Crippen molar-refractivity contribution in [3.05, 3.63) is 30.1 Å². The fourth-order valence-corrected chi connectivity index (χ4v) is 1.38. The molecule has 4 nitrogen and oxygen atoms in total. The van der Waals surface area contributed by atoms with Gasteiger partial charge in [-0.3, -0.25) is 4.98 Å². The van der Waals surface area contributed by atoms with E-state index in [1.807, 2.05) is 12.1 Å². The Hall–Kier alpha value is -0.970. The average Bonchev–Trinajstić information content (AvgIpc) is 2.30. The van der Waals surface area contributed by atoms with Crippen molar-refractivity contribution in [3.8, 4) is 0 Å². The third-order valence-corrected chi connectivity index (χ3v) is 2.22. The second-order valence-corrected chi connectivity index (χ2v) is 4.57. The number of aliphatic hydroxyl groups excluding tert-OH is 1. The molecule has 0 aromatic carbocycles. The minimum Gasteiger partial charge on any atom is -0.389 e. The van der Waals surface area contributed by atoms with Gasteiger partial charge in [0.1, 0.15) is 0 Å². The molecule has 0 aliphatic carbocycles. The number of hydrogen-bond acceptors (Lipinski definition) is 4. The van der Waals surface area contributed by atoms with Gasteiger partial charge in [0.15, 0.2) is 0 Å². The van der Waals surface area contributed by atoms with Crippen molar-refractivity contribution >= 4 is 0 Å². The van der Waals surface area contributed by atoms with Gasteiger partial charge < -0.3 is 15.2 Å². The highest BCUT2D eigenvalue weighted by atomic mass is 16.5. The highest BCUT2D eigenvalue weighted by Crippen LogP contribution is 1.96. The van der Waals surface area contributed by atoms with Gasteiger partial charge in [-0.2, -0.15) is 0 Å². The van der Waals surface area contributed by atoms with E-state index in [4.69, 9.17) is 4.74 Å². The molecule has 1 rings (SSSR count). The summed E-state index contributed by atoms with van der Waals surface area (Å²) < 4.78 is 5.36. The Kier molecular flexibility index (Phi) is 6.77. The van der Waals surface area contributed by atoms with Gasteiger partial charge in [0, 0.05) is 32.1 Å². The molecular weight excluding hydrogens is 216 g/mol. The zero-order chi connectivity index (χ0) is 12.5. The van der Waals surface area contributed by atoms with E-state index in [9.17, 15) is 5.11 Å². The summed E-state index contributed by atoms with van der Waals surface area (Å²) in [6, 6.07) is 3.91. The van der Waals surface area contributed by atoms with Gasteiger partial charge >= 0.3 is 0 Å². The number of aliphatic hydroxyl groups is 1. The normalized spacial score (nSPS) is 12.9. The molecule has 0 aliphatic rings. The lowest BCUT2D eigenvalue weighted by Crippen LogP contribution is -2.30. The molecule has 17 heavy (non-hydrogen) atoms. The SMILES string of the molecule is CC(C)COCC(O)CNCc1ccncc1. The Labute approximate surface area is 103 Å². The van der Waals surface area contributed by atoms with Crippen LogP contribution >= 0.6 is 0 Å². The summed E-state index contributed by atoms with van der Waals surface area (Å²) in [5.74, 6) is 0.506. The lowest BCUT2D eigenvalue weighted by molar-refractivity contribution is 0.0260. The summed E-state index contributed by atoms with van der Waals surface area (Å²) in [7, 11) is 0. The fourth-order valence-electron chi connectivity index (χ4n) is 1.38. The standard InChI is InChI=1S/C13H22N2O2/c1-11(2)9-17-10-13(16)8-15-7-12-3-5-14-6-4-12/h3-6,11,13,15-16H,7-10H2,1-2H3. The summed E-state index contributed by atoms with van der Waals surface area (Å²) in [6.07, 6.45) is 3.08. The maximum Gasteiger partial charge on any atom is 0.0897 e. The summed E-state index contributed by atoms with van der Waals surface area (Å²) >= 11 is 0. The smallest absolute Gasteiger partial charge is 0.0897 e. The Balaban J connectivity index is 2.06. The van der Waals surface area contributed by atoms with E-state index in [1.165, 1.54) is 0 Å². The van der Waals surface area contributed by atoms with Gasteiger partial charge in [-0.05, 0) is 23.6 Å². The van der Waals surface area contributed by atoms with Crippen LogP contribution in [0.25, 0.3) is 0 Å². The first-order chi connectivity index (χ1) is 8.18. The minimum absolute atomic E-state index is 0.390. The second kappa shape index (κ2) is 8.17. The molecular formula is C13H22N2O2. The van der Waals surface area contributed by atoms with Crippen LogP contribution in [0.5, 0.6) is 0 Å². The molecule has 0 saturated heterocycles. The molecule has 0 radical (unpaired) electrons. The fraction of sp³-hybridized carbons (Fsp3) is 0.615. The number of hydrogen-bond donors (Lipinski definition) is 2. The topological polar surface area (TPSA) is 54.4 Å². The van der Waals surface area contributed by atoms with E-state index in [0.29, 0.717) is 25.7 Å². The van der Waals surface area contributed by atoms with Crippen LogP contribution in [-0.4, -0.2) is 36.0 Å². The lowest BCUT2D eigenvalue weighted by atomic mass is 10.2. The van der Waals surface area contributed by atoms with Crippen molar-refractivity contribution in [3.63, 3.8) is 0 Å². The first kappa shape index (κ1) is 14.1. The Morgan fingerprint density at radius 1 is 1.29 bits per heavy atom. The Morgan fingerprint density at radius 2 is 2.00 bits per heavy atom. The second-order valence-electron chi connectivity index (χ2n) is 4.57. The summed E-state index contributed by atoms with van der Waals surface area (Å²) in [5, 5.41) is 12.8. The molecule has 1 atom stereocenters. The van der Waals surface area contributed by atoms with E-state index in [2.05, 4.69) is 24.1 Å². The highest BCUT2D eigenvalue weighted by molar-refractivity contribution is 5.08. The van der Waals surface area contributed by atoms with E-state index in [0.717, 1.165) is 12.1 Å². The van der Waals surface area contributed by atoms with Crippen molar-refractivity contribution in [1.82, 2.24) is 10.3 Å². The molecule has 0 amide bonds. The summed E-state index contributed by atoms with van der Waals surface area (Å²) in [6.45, 7) is 6.55. The van der Waals surface area contributed by atoms with Gasteiger partial charge in [0.25, 0.3) is 0 Å². The molecule has 0 aliphatic heterocycles. The first-order valence-electron chi connectivity index (χ1n) is 6.04. The molecule has 1 aromatic rings. The zero-order valence-corrected chi connectivity index (χ0v) is 10.6.